The van der Waals surface area contributed by atoms with E-state index in [9.17, 15) is 0 Å². The summed E-state index contributed by atoms with van der Waals surface area (Å²) < 4.78 is 5.50. The number of ether oxygens (including phenoxy) is 1. The largest absolute Gasteiger partial charge is 0.378 e. The van der Waals surface area contributed by atoms with Gasteiger partial charge in [0.1, 0.15) is 0 Å². The van der Waals surface area contributed by atoms with E-state index >= 15 is 0 Å². The van der Waals surface area contributed by atoms with E-state index in [0.29, 0.717) is 6.04 Å². The van der Waals surface area contributed by atoms with Crippen molar-refractivity contribution in [3.05, 3.63) is 35.9 Å². The Kier molecular flexibility index (Phi) is 3.75. The van der Waals surface area contributed by atoms with Crippen molar-refractivity contribution in [2.75, 3.05) is 26.8 Å². The average molecular weight is 205 g/mol. The van der Waals surface area contributed by atoms with Crippen LogP contribution in [0.3, 0.4) is 0 Å². The Morgan fingerprint density at radius 3 is 2.87 bits per heavy atom. The van der Waals surface area contributed by atoms with E-state index in [1.807, 2.05) is 0 Å². The highest BCUT2D eigenvalue weighted by Gasteiger charge is 2.18. The quantitative estimate of drug-likeness (QED) is 0.748. The Labute approximate surface area is 91.9 Å². The molecule has 0 spiro atoms. The predicted octanol–water partition coefficient (Wildman–Crippen LogP) is 1.95. The lowest BCUT2D eigenvalue weighted by Crippen LogP contribution is -2.42. The first-order valence-electron chi connectivity index (χ1n) is 5.68. The molecule has 2 heteroatoms. The molecule has 2 rings (SSSR count). The summed E-state index contributed by atoms with van der Waals surface area (Å²) in [6.07, 6.45) is 2.35. The first-order chi connectivity index (χ1) is 7.36. The van der Waals surface area contributed by atoms with Gasteiger partial charge < -0.3 is 4.74 Å². The molecule has 0 bridgehead atoms. The molecule has 1 unspecified atom stereocenters. The normalized spacial score (nSPS) is 22.9. The van der Waals surface area contributed by atoms with Crippen LogP contribution in [0.2, 0.25) is 0 Å². The molecule has 1 aromatic rings. The molecule has 0 amide bonds. The van der Waals surface area contributed by atoms with E-state index < -0.39 is 0 Å². The maximum atomic E-state index is 5.50. The van der Waals surface area contributed by atoms with Gasteiger partial charge in [-0.25, -0.2) is 0 Å². The third-order valence-corrected chi connectivity index (χ3v) is 3.13. The van der Waals surface area contributed by atoms with Crippen molar-refractivity contribution < 1.29 is 4.74 Å². The van der Waals surface area contributed by atoms with E-state index in [4.69, 9.17) is 4.74 Å². The van der Waals surface area contributed by atoms with E-state index in [-0.39, 0.29) is 0 Å². The average Bonchev–Trinajstić information content (AvgIpc) is 2.29. The third kappa shape index (κ3) is 3.05. The monoisotopic (exact) mass is 205 g/mol. The Hall–Kier alpha value is -0.860. The molecule has 0 saturated carbocycles. The Morgan fingerprint density at radius 1 is 1.33 bits per heavy atom. The van der Waals surface area contributed by atoms with Crippen molar-refractivity contribution in [1.29, 1.82) is 0 Å². The van der Waals surface area contributed by atoms with Gasteiger partial charge in [0.15, 0.2) is 0 Å². The number of nitrogens with zero attached hydrogens (tertiary/aromatic N) is 1. The summed E-state index contributed by atoms with van der Waals surface area (Å²) in [6, 6.07) is 11.3. The van der Waals surface area contributed by atoms with Crippen molar-refractivity contribution in [3.63, 3.8) is 0 Å². The highest BCUT2D eigenvalue weighted by molar-refractivity contribution is 5.14. The highest BCUT2D eigenvalue weighted by atomic mass is 16.5. The molecule has 15 heavy (non-hydrogen) atoms. The molecule has 0 radical (unpaired) electrons. The molecule has 2 nitrogen and oxygen atoms in total. The highest BCUT2D eigenvalue weighted by Crippen LogP contribution is 2.12. The van der Waals surface area contributed by atoms with Gasteiger partial charge >= 0.3 is 0 Å². The summed E-state index contributed by atoms with van der Waals surface area (Å²) in [5, 5.41) is 0. The minimum absolute atomic E-state index is 0.596. The van der Waals surface area contributed by atoms with Gasteiger partial charge in [0.25, 0.3) is 0 Å². The molecule has 1 atom stereocenters. The molecule has 1 aliphatic rings. The number of hydrogen-bond donors (Lipinski definition) is 0. The summed E-state index contributed by atoms with van der Waals surface area (Å²) >= 11 is 0. The minimum Gasteiger partial charge on any atom is -0.378 e. The summed E-state index contributed by atoms with van der Waals surface area (Å²) in [6.45, 7) is 2.85. The first-order valence-corrected chi connectivity index (χ1v) is 5.68. The van der Waals surface area contributed by atoms with Crippen molar-refractivity contribution in [3.8, 4) is 0 Å². The van der Waals surface area contributed by atoms with E-state index in [0.717, 1.165) is 26.2 Å². The van der Waals surface area contributed by atoms with Crippen LogP contribution >= 0.6 is 0 Å². The van der Waals surface area contributed by atoms with Crippen molar-refractivity contribution in [2.45, 2.75) is 18.9 Å². The van der Waals surface area contributed by atoms with Gasteiger partial charge in [-0.2, -0.15) is 0 Å². The van der Waals surface area contributed by atoms with Crippen LogP contribution in [0.15, 0.2) is 30.3 Å². The van der Waals surface area contributed by atoms with Crippen molar-refractivity contribution in [1.82, 2.24) is 4.90 Å². The van der Waals surface area contributed by atoms with Crippen LogP contribution < -0.4 is 0 Å². The molecule has 1 aromatic carbocycles. The fraction of sp³-hybridized carbons (Fsp3) is 0.538. The zero-order chi connectivity index (χ0) is 10.5. The van der Waals surface area contributed by atoms with Gasteiger partial charge in [0.05, 0.1) is 13.2 Å². The molecule has 1 aliphatic heterocycles. The second kappa shape index (κ2) is 5.29. The zero-order valence-corrected chi connectivity index (χ0v) is 9.36. The van der Waals surface area contributed by atoms with Crippen LogP contribution in [-0.2, 0) is 11.2 Å². The number of likely N-dealkylation sites (N-methyl/N-ethyl adjacent to an activating group) is 1. The minimum atomic E-state index is 0.596. The lowest BCUT2D eigenvalue weighted by Gasteiger charge is -2.32. The van der Waals surface area contributed by atoms with Crippen LogP contribution in [0.25, 0.3) is 0 Å². The first kappa shape index (κ1) is 10.7. The van der Waals surface area contributed by atoms with Crippen LogP contribution in [0, 0.1) is 0 Å². The predicted molar refractivity (Wildman–Crippen MR) is 62.0 cm³/mol. The summed E-state index contributed by atoms with van der Waals surface area (Å²) in [5.74, 6) is 0. The molecule has 1 heterocycles. The Bertz CT molecular complexity index is 286. The van der Waals surface area contributed by atoms with Gasteiger partial charge in [-0.15, -0.1) is 0 Å². The maximum Gasteiger partial charge on any atom is 0.0622 e. The van der Waals surface area contributed by atoms with E-state index in [1.54, 1.807) is 0 Å². The van der Waals surface area contributed by atoms with Crippen molar-refractivity contribution in [2.24, 2.45) is 0 Å². The molecule has 1 fully saturated rings. The number of morpholine rings is 1. The lowest BCUT2D eigenvalue weighted by molar-refractivity contribution is 0.00312. The molecule has 82 valence electrons. The number of rotatable bonds is 3. The smallest absolute Gasteiger partial charge is 0.0622 e. The fourth-order valence-electron chi connectivity index (χ4n) is 2.02. The number of hydrogen-bond acceptors (Lipinski definition) is 2. The van der Waals surface area contributed by atoms with Gasteiger partial charge in [-0.3, -0.25) is 4.90 Å². The van der Waals surface area contributed by atoms with Gasteiger partial charge in [0, 0.05) is 12.6 Å². The van der Waals surface area contributed by atoms with Crippen LogP contribution in [-0.4, -0.2) is 37.7 Å². The standard InChI is InChI=1S/C13H19NO/c1-14-9-10-15-11-13(14)8-7-12-5-3-2-4-6-12/h2-6,13H,7-11H2,1H3. The molecule has 0 aliphatic carbocycles. The second-order valence-electron chi connectivity index (χ2n) is 4.23. The van der Waals surface area contributed by atoms with Gasteiger partial charge in [0.2, 0.25) is 0 Å². The van der Waals surface area contributed by atoms with E-state index in [1.165, 1.54) is 12.0 Å². The van der Waals surface area contributed by atoms with Gasteiger partial charge in [-0.05, 0) is 25.5 Å². The number of aryl methyl sites for hydroxylation is 1. The Morgan fingerprint density at radius 2 is 2.13 bits per heavy atom. The fourth-order valence-corrected chi connectivity index (χ4v) is 2.02. The summed E-state index contributed by atoms with van der Waals surface area (Å²) in [4.78, 5) is 2.41. The Balaban J connectivity index is 1.82. The van der Waals surface area contributed by atoms with Crippen LogP contribution in [0.4, 0.5) is 0 Å². The SMILES string of the molecule is CN1CCOCC1CCc1ccccc1. The second-order valence-corrected chi connectivity index (χ2v) is 4.23. The van der Waals surface area contributed by atoms with Gasteiger partial charge in [-0.1, -0.05) is 30.3 Å². The third-order valence-electron chi connectivity index (χ3n) is 3.13. The number of benzene rings is 1. The molecular formula is C13H19NO. The van der Waals surface area contributed by atoms with Crippen LogP contribution in [0.1, 0.15) is 12.0 Å². The zero-order valence-electron chi connectivity index (χ0n) is 9.36. The lowest BCUT2D eigenvalue weighted by atomic mass is 10.0. The molecule has 0 N–H and O–H groups in total. The maximum absolute atomic E-state index is 5.50. The van der Waals surface area contributed by atoms with Crippen molar-refractivity contribution >= 4 is 0 Å². The summed E-state index contributed by atoms with van der Waals surface area (Å²) in [5.41, 5.74) is 1.43. The van der Waals surface area contributed by atoms with E-state index in [2.05, 4.69) is 42.3 Å². The molecule has 1 saturated heterocycles. The van der Waals surface area contributed by atoms with Crippen LogP contribution in [0.5, 0.6) is 0 Å². The molecular weight excluding hydrogens is 186 g/mol. The summed E-state index contributed by atoms with van der Waals surface area (Å²) in [7, 11) is 2.19. The topological polar surface area (TPSA) is 12.5 Å². The molecule has 0 aromatic heterocycles.